The molecule has 2 aromatic rings. The molecule has 0 aliphatic heterocycles. The largest absolute Gasteiger partial charge is 0.481 e. The molecular formula is C12H16N4O3. The first kappa shape index (κ1) is 13.4. The van der Waals surface area contributed by atoms with Crippen LogP contribution in [-0.4, -0.2) is 35.4 Å². The maximum atomic E-state index is 5.31. The van der Waals surface area contributed by atoms with Crippen LogP contribution >= 0.6 is 0 Å². The van der Waals surface area contributed by atoms with Gasteiger partial charge in [-0.15, -0.1) is 0 Å². The lowest BCUT2D eigenvalue weighted by Gasteiger charge is -1.99. The van der Waals surface area contributed by atoms with Crippen LogP contribution in [0.1, 0.15) is 17.3 Å². The van der Waals surface area contributed by atoms with E-state index in [1.165, 1.54) is 0 Å². The maximum absolute atomic E-state index is 5.31. The summed E-state index contributed by atoms with van der Waals surface area (Å²) in [6.07, 6.45) is 2.27. The third-order valence-electron chi connectivity index (χ3n) is 2.37. The molecule has 0 aromatic carbocycles. The molecule has 0 bridgehead atoms. The SMILES string of the molecule is COc1ccc(Cc2noc(COCCN)n2)cn1. The number of aromatic nitrogens is 3. The van der Waals surface area contributed by atoms with Gasteiger partial charge in [-0.05, 0) is 5.56 Å². The highest BCUT2D eigenvalue weighted by Crippen LogP contribution is 2.10. The van der Waals surface area contributed by atoms with Crippen LogP contribution in [0.3, 0.4) is 0 Å². The third kappa shape index (κ3) is 4.01. The van der Waals surface area contributed by atoms with Crippen molar-refractivity contribution >= 4 is 0 Å². The summed E-state index contributed by atoms with van der Waals surface area (Å²) < 4.78 is 15.3. The molecular weight excluding hydrogens is 248 g/mol. The van der Waals surface area contributed by atoms with Crippen LogP contribution in [0.25, 0.3) is 0 Å². The topological polar surface area (TPSA) is 96.3 Å². The van der Waals surface area contributed by atoms with E-state index in [1.54, 1.807) is 19.4 Å². The number of nitrogens with zero attached hydrogens (tertiary/aromatic N) is 3. The molecule has 0 saturated carbocycles. The number of hydrogen-bond donors (Lipinski definition) is 1. The van der Waals surface area contributed by atoms with Gasteiger partial charge in [0.15, 0.2) is 5.82 Å². The molecule has 2 N–H and O–H groups in total. The summed E-state index contributed by atoms with van der Waals surface area (Å²) in [6, 6.07) is 3.70. The molecule has 0 unspecified atom stereocenters. The standard InChI is InChI=1S/C12H16N4O3/c1-17-11-3-2-9(7-14-11)6-10-15-12(19-16-10)8-18-5-4-13/h2-3,7H,4-6,8,13H2,1H3. The van der Waals surface area contributed by atoms with E-state index in [9.17, 15) is 0 Å². The van der Waals surface area contributed by atoms with Crippen LogP contribution in [0.5, 0.6) is 5.88 Å². The number of rotatable bonds is 7. The Bertz CT molecular complexity index is 498. The number of nitrogens with two attached hydrogens (primary N) is 1. The minimum absolute atomic E-state index is 0.283. The molecule has 0 saturated heterocycles. The van der Waals surface area contributed by atoms with E-state index in [0.717, 1.165) is 5.56 Å². The van der Waals surface area contributed by atoms with Gasteiger partial charge >= 0.3 is 0 Å². The molecule has 102 valence electrons. The van der Waals surface area contributed by atoms with Crippen molar-refractivity contribution in [2.24, 2.45) is 5.73 Å². The zero-order valence-electron chi connectivity index (χ0n) is 10.7. The fourth-order valence-electron chi connectivity index (χ4n) is 1.48. The second-order valence-electron chi connectivity index (χ2n) is 3.83. The van der Waals surface area contributed by atoms with Gasteiger partial charge < -0.3 is 19.7 Å². The van der Waals surface area contributed by atoms with Crippen LogP contribution in [0.2, 0.25) is 0 Å². The van der Waals surface area contributed by atoms with Gasteiger partial charge in [0.2, 0.25) is 5.88 Å². The zero-order valence-corrected chi connectivity index (χ0v) is 10.7. The Kier molecular flexibility index (Phi) is 4.82. The van der Waals surface area contributed by atoms with Gasteiger partial charge in [0.05, 0.1) is 13.7 Å². The summed E-state index contributed by atoms with van der Waals surface area (Å²) in [5, 5.41) is 3.88. The molecule has 0 atom stereocenters. The Labute approximate surface area is 110 Å². The Hall–Kier alpha value is -1.99. The summed E-state index contributed by atoms with van der Waals surface area (Å²) in [5.41, 5.74) is 6.30. The van der Waals surface area contributed by atoms with Gasteiger partial charge in [-0.1, -0.05) is 11.2 Å². The first-order chi connectivity index (χ1) is 9.31. The van der Waals surface area contributed by atoms with Gasteiger partial charge in [-0.3, -0.25) is 0 Å². The predicted octanol–water partition coefficient (Wildman–Crippen LogP) is 0.539. The van der Waals surface area contributed by atoms with Crippen LogP contribution < -0.4 is 10.5 Å². The Morgan fingerprint density at radius 1 is 1.37 bits per heavy atom. The summed E-state index contributed by atoms with van der Waals surface area (Å²) >= 11 is 0. The van der Waals surface area contributed by atoms with E-state index >= 15 is 0 Å². The van der Waals surface area contributed by atoms with Crippen molar-refractivity contribution in [3.8, 4) is 5.88 Å². The second-order valence-corrected chi connectivity index (χ2v) is 3.83. The highest BCUT2D eigenvalue weighted by Gasteiger charge is 2.07. The van der Waals surface area contributed by atoms with Crippen molar-refractivity contribution in [3.05, 3.63) is 35.6 Å². The minimum Gasteiger partial charge on any atom is -0.481 e. The number of hydrogen-bond acceptors (Lipinski definition) is 7. The van der Waals surface area contributed by atoms with Crippen molar-refractivity contribution in [2.45, 2.75) is 13.0 Å². The summed E-state index contributed by atoms with van der Waals surface area (Å²) in [5.74, 6) is 1.62. The molecule has 2 rings (SSSR count). The second kappa shape index (κ2) is 6.81. The van der Waals surface area contributed by atoms with Crippen molar-refractivity contribution in [2.75, 3.05) is 20.3 Å². The molecule has 0 aliphatic carbocycles. The van der Waals surface area contributed by atoms with E-state index in [0.29, 0.717) is 37.2 Å². The first-order valence-electron chi connectivity index (χ1n) is 5.90. The monoisotopic (exact) mass is 264 g/mol. The van der Waals surface area contributed by atoms with E-state index < -0.39 is 0 Å². The van der Waals surface area contributed by atoms with Crippen LogP contribution in [0.4, 0.5) is 0 Å². The predicted molar refractivity (Wildman–Crippen MR) is 66.6 cm³/mol. The fourth-order valence-corrected chi connectivity index (χ4v) is 1.48. The van der Waals surface area contributed by atoms with E-state index in [-0.39, 0.29) is 6.61 Å². The van der Waals surface area contributed by atoms with Crippen LogP contribution in [0, 0.1) is 0 Å². The van der Waals surface area contributed by atoms with Gasteiger partial charge in [-0.2, -0.15) is 4.98 Å². The fraction of sp³-hybridized carbons (Fsp3) is 0.417. The van der Waals surface area contributed by atoms with Crippen molar-refractivity contribution in [1.82, 2.24) is 15.1 Å². The minimum atomic E-state index is 0.283. The van der Waals surface area contributed by atoms with Crippen LogP contribution in [0.15, 0.2) is 22.9 Å². The van der Waals surface area contributed by atoms with E-state index in [1.807, 2.05) is 6.07 Å². The molecule has 2 aromatic heterocycles. The Morgan fingerprint density at radius 3 is 2.95 bits per heavy atom. The molecule has 0 amide bonds. The lowest BCUT2D eigenvalue weighted by atomic mass is 10.2. The Morgan fingerprint density at radius 2 is 2.26 bits per heavy atom. The lowest BCUT2D eigenvalue weighted by molar-refractivity contribution is 0.104. The van der Waals surface area contributed by atoms with E-state index in [4.69, 9.17) is 19.7 Å². The average molecular weight is 264 g/mol. The Balaban J connectivity index is 1.91. The lowest BCUT2D eigenvalue weighted by Crippen LogP contribution is -2.08. The van der Waals surface area contributed by atoms with Crippen molar-refractivity contribution in [1.29, 1.82) is 0 Å². The van der Waals surface area contributed by atoms with Crippen molar-refractivity contribution < 1.29 is 14.0 Å². The molecule has 2 heterocycles. The summed E-state index contributed by atoms with van der Waals surface area (Å²) in [7, 11) is 1.58. The number of ether oxygens (including phenoxy) is 2. The normalized spacial score (nSPS) is 10.6. The highest BCUT2D eigenvalue weighted by atomic mass is 16.5. The highest BCUT2D eigenvalue weighted by molar-refractivity contribution is 5.20. The molecule has 7 nitrogen and oxygen atoms in total. The molecule has 0 aliphatic rings. The first-order valence-corrected chi connectivity index (χ1v) is 5.90. The van der Waals surface area contributed by atoms with Crippen LogP contribution in [-0.2, 0) is 17.8 Å². The summed E-state index contributed by atoms with van der Waals surface area (Å²) in [4.78, 5) is 8.33. The molecule has 0 fully saturated rings. The maximum Gasteiger partial charge on any atom is 0.252 e. The quantitative estimate of drug-likeness (QED) is 0.729. The van der Waals surface area contributed by atoms with Crippen molar-refractivity contribution in [3.63, 3.8) is 0 Å². The summed E-state index contributed by atoms with van der Waals surface area (Å²) in [6.45, 7) is 1.23. The average Bonchev–Trinajstić information content (AvgIpc) is 2.88. The molecule has 0 spiro atoms. The van der Waals surface area contributed by atoms with E-state index in [2.05, 4.69) is 15.1 Å². The molecule has 7 heteroatoms. The van der Waals surface area contributed by atoms with Gasteiger partial charge in [0.25, 0.3) is 5.89 Å². The number of methoxy groups -OCH3 is 1. The van der Waals surface area contributed by atoms with Gasteiger partial charge in [0.1, 0.15) is 6.61 Å². The van der Waals surface area contributed by atoms with Gasteiger partial charge in [-0.25, -0.2) is 4.98 Å². The molecule has 19 heavy (non-hydrogen) atoms. The third-order valence-corrected chi connectivity index (χ3v) is 2.37. The van der Waals surface area contributed by atoms with Gasteiger partial charge in [0, 0.05) is 25.2 Å². The zero-order chi connectivity index (χ0) is 13.5. The number of pyridine rings is 1. The smallest absolute Gasteiger partial charge is 0.252 e. The molecule has 0 radical (unpaired) electrons.